The molecule has 5 N–H and O–H groups in total. The summed E-state index contributed by atoms with van der Waals surface area (Å²) < 4.78 is 18.3. The van der Waals surface area contributed by atoms with E-state index in [1.54, 1.807) is 47.8 Å². The number of aliphatic hydroxyl groups excluding tert-OH is 2. The molecule has 0 spiro atoms. The van der Waals surface area contributed by atoms with Gasteiger partial charge in [0, 0.05) is 13.1 Å². The Morgan fingerprint density at radius 3 is 2.52 bits per heavy atom. The summed E-state index contributed by atoms with van der Waals surface area (Å²) in [6, 6.07) is 4.39. The molecule has 1 aliphatic rings. The minimum Gasteiger partial charge on any atom is -0.493 e. The summed E-state index contributed by atoms with van der Waals surface area (Å²) >= 11 is 0. The number of carboxylic acid groups (broad SMARTS) is 1. The fourth-order valence-corrected chi connectivity index (χ4v) is 4.82. The molecule has 1 heterocycles. The maximum atomic E-state index is 11.7. The molecule has 0 aliphatic carbocycles. The second-order valence-corrected chi connectivity index (χ2v) is 8.30. The Morgan fingerprint density at radius 1 is 1.32 bits per heavy atom. The number of rotatable bonds is 11. The third-order valence-electron chi connectivity index (χ3n) is 4.49. The van der Waals surface area contributed by atoms with Gasteiger partial charge in [0.2, 0.25) is 5.96 Å². The quantitative estimate of drug-likeness (QED) is 0.262. The lowest BCUT2D eigenvalue weighted by atomic mass is 10.2. The molecule has 0 amide bonds. The van der Waals surface area contributed by atoms with Gasteiger partial charge in [-0.1, -0.05) is 0 Å². The van der Waals surface area contributed by atoms with Crippen molar-refractivity contribution in [2.75, 3.05) is 47.2 Å². The summed E-state index contributed by atoms with van der Waals surface area (Å²) in [7, 11) is 1.53. The Bertz CT molecular complexity index is 804. The maximum Gasteiger partial charge on any atom is 0.321 e. The first-order valence-electron chi connectivity index (χ1n) is 9.49. The molecular weight excluding hydrogens is 427 g/mol. The lowest BCUT2D eigenvalue weighted by Crippen LogP contribution is -2.51. The van der Waals surface area contributed by atoms with Crippen LogP contribution in [-0.4, -0.2) is 101 Å². The number of carbonyl (C=O) groups is 1. The zero-order valence-corrected chi connectivity index (χ0v) is 18.6. The van der Waals surface area contributed by atoms with E-state index in [9.17, 15) is 20.1 Å². The highest BCUT2D eigenvalue weighted by atomic mass is 31.1. The number of aliphatic hydroxyl groups is 2. The fourth-order valence-electron chi connectivity index (χ4n) is 2.78. The molecule has 0 fully saturated rings. The molecule has 13 heteroatoms. The molecule has 0 saturated carbocycles. The van der Waals surface area contributed by atoms with Crippen LogP contribution in [0.3, 0.4) is 0 Å². The van der Waals surface area contributed by atoms with Crippen molar-refractivity contribution in [2.45, 2.75) is 13.0 Å². The Morgan fingerprint density at radius 2 is 1.97 bits per heavy atom. The van der Waals surface area contributed by atoms with E-state index < -0.39 is 20.4 Å². The van der Waals surface area contributed by atoms with E-state index in [0.717, 1.165) is 5.56 Å². The van der Waals surface area contributed by atoms with E-state index in [4.69, 9.17) is 15.2 Å². The van der Waals surface area contributed by atoms with E-state index in [-0.39, 0.29) is 38.9 Å². The molecule has 2 atom stereocenters. The molecule has 31 heavy (non-hydrogen) atoms. The molecule has 0 saturated heterocycles. The number of ether oxygens (including phenoxy) is 2. The number of hydrogen-bond acceptors (Lipinski definition) is 11. The van der Waals surface area contributed by atoms with Crippen LogP contribution in [0.2, 0.25) is 0 Å². The molecule has 1 aromatic carbocycles. The van der Waals surface area contributed by atoms with Crippen LogP contribution in [-0.2, 0) is 4.79 Å². The maximum absolute atomic E-state index is 11.7. The molecule has 1 aliphatic heterocycles. The molecule has 12 nitrogen and oxygen atoms in total. The van der Waals surface area contributed by atoms with Crippen LogP contribution < -0.4 is 15.2 Å². The zero-order valence-electron chi connectivity index (χ0n) is 17.7. The first-order valence-corrected chi connectivity index (χ1v) is 10.7. The van der Waals surface area contributed by atoms with Gasteiger partial charge >= 0.3 is 5.97 Å². The van der Waals surface area contributed by atoms with Gasteiger partial charge in [-0.25, -0.2) is 14.3 Å². The first-order chi connectivity index (χ1) is 14.9. The average molecular weight is 456 g/mol. The van der Waals surface area contributed by atoms with Gasteiger partial charge in [-0.3, -0.25) is 4.79 Å². The SMILES string of the molecule is COc1ccc(C=NN2CN([C@@H](C)C(=O)O)P(N(CCO)CCO)N=C2N)cc1OC. The van der Waals surface area contributed by atoms with Gasteiger partial charge in [-0.05, 0) is 30.7 Å². The van der Waals surface area contributed by atoms with Crippen LogP contribution in [0.25, 0.3) is 0 Å². The van der Waals surface area contributed by atoms with E-state index in [0.29, 0.717) is 11.5 Å². The van der Waals surface area contributed by atoms with Crippen LogP contribution in [0.5, 0.6) is 11.5 Å². The first kappa shape index (κ1) is 24.8. The van der Waals surface area contributed by atoms with Gasteiger partial charge in [-0.2, -0.15) is 9.86 Å². The second kappa shape index (κ2) is 11.8. The topological polar surface area (TPSA) is 157 Å². The Kier molecular flexibility index (Phi) is 9.41. The molecule has 0 radical (unpaired) electrons. The largest absolute Gasteiger partial charge is 0.493 e. The van der Waals surface area contributed by atoms with Gasteiger partial charge in [0.1, 0.15) is 12.7 Å². The summed E-state index contributed by atoms with van der Waals surface area (Å²) in [6.07, 6.45) is 1.56. The van der Waals surface area contributed by atoms with Crippen LogP contribution in [0, 0.1) is 0 Å². The van der Waals surface area contributed by atoms with Crippen molar-refractivity contribution in [3.8, 4) is 11.5 Å². The van der Waals surface area contributed by atoms with Crippen molar-refractivity contribution in [1.29, 1.82) is 0 Å². The fraction of sp³-hybridized carbons (Fsp3) is 0.500. The molecule has 2 rings (SSSR count). The molecule has 0 aromatic heterocycles. The van der Waals surface area contributed by atoms with Crippen LogP contribution in [0.15, 0.2) is 28.1 Å². The van der Waals surface area contributed by atoms with E-state index in [2.05, 4.69) is 9.86 Å². The molecule has 172 valence electrons. The van der Waals surface area contributed by atoms with Crippen molar-refractivity contribution < 1.29 is 29.6 Å². The van der Waals surface area contributed by atoms with Crippen LogP contribution in [0.4, 0.5) is 0 Å². The predicted molar refractivity (Wildman–Crippen MR) is 117 cm³/mol. The Labute approximate surface area is 182 Å². The second-order valence-electron chi connectivity index (χ2n) is 6.48. The van der Waals surface area contributed by atoms with Gasteiger partial charge in [0.25, 0.3) is 0 Å². The number of aliphatic carboxylic acids is 1. The van der Waals surface area contributed by atoms with Gasteiger partial charge in [-0.15, -0.1) is 0 Å². The summed E-state index contributed by atoms with van der Waals surface area (Å²) in [5.41, 5.74) is 6.83. The predicted octanol–water partition coefficient (Wildman–Crippen LogP) is -0.0859. The van der Waals surface area contributed by atoms with E-state index in [1.165, 1.54) is 12.1 Å². The smallest absolute Gasteiger partial charge is 0.321 e. The third-order valence-corrected chi connectivity index (χ3v) is 6.71. The third kappa shape index (κ3) is 6.25. The number of hydrogen-bond donors (Lipinski definition) is 4. The van der Waals surface area contributed by atoms with Crippen molar-refractivity contribution in [3.05, 3.63) is 23.8 Å². The molecule has 1 aromatic rings. The molecule has 0 bridgehead atoms. The normalized spacial score (nSPS) is 18.3. The minimum absolute atomic E-state index is 0.0751. The highest BCUT2D eigenvalue weighted by molar-refractivity contribution is 7.51. The summed E-state index contributed by atoms with van der Waals surface area (Å²) in [4.78, 5) is 11.7. The minimum atomic E-state index is -1.55. The summed E-state index contributed by atoms with van der Waals surface area (Å²) in [6.45, 7) is 1.74. The highest BCUT2D eigenvalue weighted by Crippen LogP contribution is 2.49. The van der Waals surface area contributed by atoms with E-state index >= 15 is 0 Å². The molecular formula is C18H29N6O6P. The standard InChI is InChI=1S/C18H29N6O6P/c1-13(17(27)28)24-12-23(18(19)21-31(24)22(6-8-25)7-9-26)20-11-14-4-5-15(29-2)16(10-14)30-3/h4-5,10-11,13,25-26H,6-9,12H2,1-3H3,(H2,19,21)(H,27,28)/t13-,31?/m0/s1. The lowest BCUT2D eigenvalue weighted by molar-refractivity contribution is -0.141. The number of nitrogens with zero attached hydrogens (tertiary/aromatic N) is 5. The van der Waals surface area contributed by atoms with Crippen molar-refractivity contribution in [1.82, 2.24) is 14.3 Å². The van der Waals surface area contributed by atoms with Crippen LogP contribution >= 0.6 is 8.37 Å². The highest BCUT2D eigenvalue weighted by Gasteiger charge is 2.37. The molecule has 1 unspecified atom stereocenters. The monoisotopic (exact) mass is 456 g/mol. The van der Waals surface area contributed by atoms with E-state index in [1.807, 2.05) is 0 Å². The summed E-state index contributed by atoms with van der Waals surface area (Å²) in [5, 5.41) is 34.0. The number of methoxy groups -OCH3 is 2. The number of benzene rings is 1. The lowest BCUT2D eigenvalue weighted by Gasteiger charge is -2.42. The van der Waals surface area contributed by atoms with Crippen molar-refractivity contribution >= 4 is 26.5 Å². The Balaban J connectivity index is 2.32. The van der Waals surface area contributed by atoms with Gasteiger partial charge in [0.05, 0.1) is 33.6 Å². The number of guanidine groups is 1. The summed E-state index contributed by atoms with van der Waals surface area (Å²) in [5.74, 6) is 0.205. The van der Waals surface area contributed by atoms with Crippen molar-refractivity contribution in [3.63, 3.8) is 0 Å². The number of nitrogens with two attached hydrogens (primary N) is 1. The average Bonchev–Trinajstić information content (AvgIpc) is 2.77. The van der Waals surface area contributed by atoms with Crippen molar-refractivity contribution in [2.24, 2.45) is 15.6 Å². The van der Waals surface area contributed by atoms with Crippen LogP contribution in [0.1, 0.15) is 12.5 Å². The zero-order chi connectivity index (χ0) is 23.0. The van der Waals surface area contributed by atoms with Gasteiger partial charge in [0.15, 0.2) is 19.9 Å². The Hall–Kier alpha value is -2.50. The number of hydrazone groups is 1. The van der Waals surface area contributed by atoms with Gasteiger partial charge < -0.3 is 30.5 Å². The number of carboxylic acids is 1.